The van der Waals surface area contributed by atoms with Gasteiger partial charge in [0.05, 0.1) is 0 Å². The normalized spacial score (nSPS) is 11.2. The molecule has 0 aromatic heterocycles. The average molecular weight is 178 g/mol. The van der Waals surface area contributed by atoms with Crippen LogP contribution in [0.2, 0.25) is 0 Å². The van der Waals surface area contributed by atoms with E-state index >= 15 is 0 Å². The highest BCUT2D eigenvalue weighted by Crippen LogP contribution is 2.05. The molecule has 5 heteroatoms. The van der Waals surface area contributed by atoms with Crippen molar-refractivity contribution in [1.29, 1.82) is 0 Å². The summed E-state index contributed by atoms with van der Waals surface area (Å²) in [6, 6.07) is 5.91. The predicted molar refractivity (Wildman–Crippen MR) is 51.2 cm³/mol. The van der Waals surface area contributed by atoms with Crippen molar-refractivity contribution >= 4 is 17.6 Å². The number of anilines is 1. The maximum atomic E-state index is 10.4. The number of hydrogen-bond acceptors (Lipinski definition) is 2. The van der Waals surface area contributed by atoms with Crippen LogP contribution in [0, 0.1) is 0 Å². The third kappa shape index (κ3) is 2.48. The lowest BCUT2D eigenvalue weighted by atomic mass is 10.2. The first kappa shape index (κ1) is 9.05. The van der Waals surface area contributed by atoms with Crippen molar-refractivity contribution in [2.75, 3.05) is 5.73 Å². The predicted octanol–water partition coefficient (Wildman–Crippen LogP) is 0.0528. The van der Waals surface area contributed by atoms with Gasteiger partial charge < -0.3 is 17.2 Å². The van der Waals surface area contributed by atoms with E-state index in [0.717, 1.165) is 0 Å². The highest BCUT2D eigenvalue weighted by atomic mass is 16.2. The van der Waals surface area contributed by atoms with Crippen LogP contribution < -0.4 is 17.2 Å². The van der Waals surface area contributed by atoms with E-state index in [-0.39, 0.29) is 5.84 Å². The second-order valence-corrected chi connectivity index (χ2v) is 2.46. The van der Waals surface area contributed by atoms with Gasteiger partial charge in [0.2, 0.25) is 0 Å². The minimum Gasteiger partial charge on any atom is -0.399 e. The maximum absolute atomic E-state index is 10.4. The number of amidine groups is 1. The first-order valence-corrected chi connectivity index (χ1v) is 3.59. The van der Waals surface area contributed by atoms with E-state index in [9.17, 15) is 4.79 Å². The summed E-state index contributed by atoms with van der Waals surface area (Å²) in [7, 11) is 0. The fourth-order valence-corrected chi connectivity index (χ4v) is 0.881. The van der Waals surface area contributed by atoms with Gasteiger partial charge in [-0.15, -0.1) is 0 Å². The number of primary amides is 1. The van der Waals surface area contributed by atoms with Crippen LogP contribution >= 0.6 is 0 Å². The summed E-state index contributed by atoms with van der Waals surface area (Å²) >= 11 is 0. The molecule has 2 amide bonds. The molecular weight excluding hydrogens is 168 g/mol. The zero-order chi connectivity index (χ0) is 9.84. The number of nitrogen functional groups attached to an aromatic ring is 1. The molecule has 0 atom stereocenters. The van der Waals surface area contributed by atoms with Crippen molar-refractivity contribution in [2.45, 2.75) is 0 Å². The molecule has 0 radical (unpaired) electrons. The number of benzene rings is 1. The number of nitrogens with zero attached hydrogens (tertiary/aromatic N) is 1. The van der Waals surface area contributed by atoms with Crippen molar-refractivity contribution < 1.29 is 4.79 Å². The van der Waals surface area contributed by atoms with Gasteiger partial charge in [-0.25, -0.2) is 4.79 Å². The number of carbonyl (C=O) groups is 1. The molecule has 0 spiro atoms. The monoisotopic (exact) mass is 178 g/mol. The summed E-state index contributed by atoms with van der Waals surface area (Å²) in [5.41, 5.74) is 16.9. The van der Waals surface area contributed by atoms with Gasteiger partial charge >= 0.3 is 6.03 Å². The first-order chi connectivity index (χ1) is 6.09. The molecule has 0 heterocycles. The van der Waals surface area contributed by atoms with Crippen LogP contribution in [0.15, 0.2) is 29.3 Å². The van der Waals surface area contributed by atoms with Crippen LogP contribution in [0.5, 0.6) is 0 Å². The molecule has 1 aromatic rings. The fourth-order valence-electron chi connectivity index (χ4n) is 0.881. The topological polar surface area (TPSA) is 107 Å². The lowest BCUT2D eigenvalue weighted by molar-refractivity contribution is 0.256. The van der Waals surface area contributed by atoms with E-state index in [2.05, 4.69) is 4.99 Å². The number of nitrogens with two attached hydrogens (primary N) is 3. The largest absolute Gasteiger partial charge is 0.399 e. The lowest BCUT2D eigenvalue weighted by Crippen LogP contribution is -2.18. The molecule has 0 fully saturated rings. The molecule has 0 unspecified atom stereocenters. The highest BCUT2D eigenvalue weighted by molar-refractivity contribution is 6.03. The number of carbonyl (C=O) groups excluding carboxylic acids is 1. The van der Waals surface area contributed by atoms with E-state index in [1.54, 1.807) is 24.3 Å². The molecule has 6 N–H and O–H groups in total. The smallest absolute Gasteiger partial charge is 0.340 e. The summed E-state index contributed by atoms with van der Waals surface area (Å²) in [6.45, 7) is 0. The van der Waals surface area contributed by atoms with Gasteiger partial charge in [0, 0.05) is 11.3 Å². The molecule has 0 aliphatic rings. The van der Waals surface area contributed by atoms with Crippen LogP contribution in [-0.2, 0) is 0 Å². The molecule has 0 saturated heterocycles. The Kier molecular flexibility index (Phi) is 2.49. The van der Waals surface area contributed by atoms with E-state index < -0.39 is 6.03 Å². The molecule has 1 aromatic carbocycles. The van der Waals surface area contributed by atoms with Crippen molar-refractivity contribution in [2.24, 2.45) is 16.5 Å². The summed E-state index contributed by atoms with van der Waals surface area (Å²) in [6.07, 6.45) is 0. The van der Waals surface area contributed by atoms with Crippen LogP contribution in [0.3, 0.4) is 0 Å². The molecule has 0 aliphatic carbocycles. The second kappa shape index (κ2) is 3.57. The van der Waals surface area contributed by atoms with Crippen LogP contribution in [0.25, 0.3) is 0 Å². The van der Waals surface area contributed by atoms with Gasteiger partial charge in [-0.2, -0.15) is 4.99 Å². The standard InChI is InChI=1S/C8H10N4O/c9-6-3-1-2-5(4-6)7(10)12-8(11)13/h1-4H,9H2,(H4,10,11,12,13). The van der Waals surface area contributed by atoms with Crippen molar-refractivity contribution in [3.05, 3.63) is 29.8 Å². The Bertz CT molecular complexity index is 359. The quantitative estimate of drug-likeness (QED) is 0.321. The number of amides is 2. The van der Waals surface area contributed by atoms with Gasteiger partial charge in [0.25, 0.3) is 0 Å². The highest BCUT2D eigenvalue weighted by Gasteiger charge is 1.99. The Labute approximate surface area is 75.2 Å². The van der Waals surface area contributed by atoms with Gasteiger partial charge in [-0.1, -0.05) is 12.1 Å². The van der Waals surface area contributed by atoms with Crippen LogP contribution in [0.1, 0.15) is 5.56 Å². The molecule has 68 valence electrons. The minimum absolute atomic E-state index is 0.0693. The Morgan fingerprint density at radius 3 is 2.54 bits per heavy atom. The number of hydrogen-bond donors (Lipinski definition) is 3. The summed E-state index contributed by atoms with van der Waals surface area (Å²) in [5, 5.41) is 0. The summed E-state index contributed by atoms with van der Waals surface area (Å²) in [5.74, 6) is 0.0693. The molecule has 0 saturated carbocycles. The molecule has 0 bridgehead atoms. The summed E-state index contributed by atoms with van der Waals surface area (Å²) in [4.78, 5) is 13.8. The van der Waals surface area contributed by atoms with Crippen molar-refractivity contribution in [1.82, 2.24) is 0 Å². The Balaban J connectivity index is 3.02. The van der Waals surface area contributed by atoms with E-state index in [1.807, 2.05) is 0 Å². The van der Waals surface area contributed by atoms with Crippen molar-refractivity contribution in [3.8, 4) is 0 Å². The fraction of sp³-hybridized carbons (Fsp3) is 0. The van der Waals surface area contributed by atoms with Crippen LogP contribution in [0.4, 0.5) is 10.5 Å². The SMILES string of the molecule is NC(=O)N=C(N)c1cccc(N)c1. The molecular formula is C8H10N4O. The number of aliphatic imine (C=N–C) groups is 1. The zero-order valence-corrected chi connectivity index (χ0v) is 6.90. The Morgan fingerprint density at radius 1 is 1.31 bits per heavy atom. The van der Waals surface area contributed by atoms with Crippen LogP contribution in [-0.4, -0.2) is 11.9 Å². The third-order valence-electron chi connectivity index (χ3n) is 1.41. The Morgan fingerprint density at radius 2 is 2.00 bits per heavy atom. The number of urea groups is 1. The summed E-state index contributed by atoms with van der Waals surface area (Å²) < 4.78 is 0. The third-order valence-corrected chi connectivity index (χ3v) is 1.41. The van der Waals surface area contributed by atoms with E-state index in [4.69, 9.17) is 17.2 Å². The van der Waals surface area contributed by atoms with Gasteiger partial charge in [0.15, 0.2) is 0 Å². The maximum Gasteiger partial charge on any atom is 0.340 e. The second-order valence-electron chi connectivity index (χ2n) is 2.46. The minimum atomic E-state index is -0.820. The van der Waals surface area contributed by atoms with Gasteiger partial charge in [-0.3, -0.25) is 0 Å². The molecule has 5 nitrogen and oxygen atoms in total. The van der Waals surface area contributed by atoms with Gasteiger partial charge in [-0.05, 0) is 12.1 Å². The Hall–Kier alpha value is -2.04. The number of rotatable bonds is 1. The van der Waals surface area contributed by atoms with Gasteiger partial charge in [0.1, 0.15) is 5.84 Å². The molecule has 1 rings (SSSR count). The van der Waals surface area contributed by atoms with Crippen molar-refractivity contribution in [3.63, 3.8) is 0 Å². The average Bonchev–Trinajstić information content (AvgIpc) is 2.03. The molecule has 13 heavy (non-hydrogen) atoms. The lowest BCUT2D eigenvalue weighted by Gasteiger charge is -1.99. The van der Waals surface area contributed by atoms with E-state index in [0.29, 0.717) is 11.3 Å². The zero-order valence-electron chi connectivity index (χ0n) is 6.90. The first-order valence-electron chi connectivity index (χ1n) is 3.59. The van der Waals surface area contributed by atoms with E-state index in [1.165, 1.54) is 0 Å². The molecule has 0 aliphatic heterocycles.